The molecule has 2 unspecified atom stereocenters. The normalized spacial score (nSPS) is 23.3. The Balaban J connectivity index is 2.26. The molecule has 1 amide bonds. The summed E-state index contributed by atoms with van der Waals surface area (Å²) >= 11 is 0. The van der Waals surface area contributed by atoms with Crippen molar-refractivity contribution in [2.75, 3.05) is 33.4 Å². The minimum absolute atomic E-state index is 0.0707. The third-order valence-corrected chi connectivity index (χ3v) is 3.01. The van der Waals surface area contributed by atoms with Gasteiger partial charge in [0.15, 0.2) is 0 Å². The fourth-order valence-electron chi connectivity index (χ4n) is 2.01. The minimum Gasteiger partial charge on any atom is -0.383 e. The molecule has 0 aliphatic carbocycles. The topological polar surface area (TPSA) is 67.6 Å². The van der Waals surface area contributed by atoms with Gasteiger partial charge in [0.05, 0.1) is 12.6 Å². The summed E-state index contributed by atoms with van der Waals surface area (Å²) in [6.07, 6.45) is 2.34. The molecule has 16 heavy (non-hydrogen) atoms. The zero-order valence-corrected chi connectivity index (χ0v) is 10.2. The van der Waals surface area contributed by atoms with E-state index in [0.29, 0.717) is 12.6 Å². The van der Waals surface area contributed by atoms with Crippen LogP contribution in [-0.4, -0.2) is 56.2 Å². The largest absolute Gasteiger partial charge is 0.383 e. The van der Waals surface area contributed by atoms with Crippen LogP contribution in [0.1, 0.15) is 19.8 Å². The SMILES string of the molecule is COCCN1CCCC1CNC(=O)C(C)N. The Morgan fingerprint density at radius 2 is 2.44 bits per heavy atom. The van der Waals surface area contributed by atoms with Gasteiger partial charge in [0.25, 0.3) is 0 Å². The zero-order valence-electron chi connectivity index (χ0n) is 10.2. The first-order valence-electron chi connectivity index (χ1n) is 5.91. The fraction of sp³-hybridized carbons (Fsp3) is 0.909. The van der Waals surface area contributed by atoms with E-state index in [1.165, 1.54) is 6.42 Å². The van der Waals surface area contributed by atoms with E-state index < -0.39 is 6.04 Å². The second-order valence-corrected chi connectivity index (χ2v) is 4.36. The summed E-state index contributed by atoms with van der Waals surface area (Å²) in [4.78, 5) is 13.7. The summed E-state index contributed by atoms with van der Waals surface area (Å²) in [7, 11) is 1.71. The number of nitrogens with two attached hydrogens (primary N) is 1. The molecule has 1 aliphatic rings. The van der Waals surface area contributed by atoms with Crippen LogP contribution in [0.5, 0.6) is 0 Å². The molecule has 0 aromatic carbocycles. The summed E-state index contributed by atoms with van der Waals surface area (Å²) < 4.78 is 5.07. The van der Waals surface area contributed by atoms with Crippen LogP contribution in [0.15, 0.2) is 0 Å². The van der Waals surface area contributed by atoms with Crippen LogP contribution in [0.4, 0.5) is 0 Å². The van der Waals surface area contributed by atoms with Crippen molar-refractivity contribution in [1.29, 1.82) is 0 Å². The fourth-order valence-corrected chi connectivity index (χ4v) is 2.01. The van der Waals surface area contributed by atoms with Crippen LogP contribution < -0.4 is 11.1 Å². The van der Waals surface area contributed by atoms with Crippen molar-refractivity contribution in [2.45, 2.75) is 31.8 Å². The second-order valence-electron chi connectivity index (χ2n) is 4.36. The van der Waals surface area contributed by atoms with E-state index in [1.54, 1.807) is 14.0 Å². The number of amides is 1. The lowest BCUT2D eigenvalue weighted by atomic mass is 10.2. The molecule has 5 heteroatoms. The molecule has 0 saturated carbocycles. The maximum Gasteiger partial charge on any atom is 0.236 e. The van der Waals surface area contributed by atoms with Gasteiger partial charge < -0.3 is 15.8 Å². The lowest BCUT2D eigenvalue weighted by Gasteiger charge is -2.24. The maximum absolute atomic E-state index is 11.3. The van der Waals surface area contributed by atoms with Crippen molar-refractivity contribution in [3.8, 4) is 0 Å². The van der Waals surface area contributed by atoms with Crippen LogP contribution in [0, 0.1) is 0 Å². The van der Waals surface area contributed by atoms with Crippen molar-refractivity contribution in [3.05, 3.63) is 0 Å². The summed E-state index contributed by atoms with van der Waals surface area (Å²) in [6.45, 7) is 5.19. The maximum atomic E-state index is 11.3. The highest BCUT2D eigenvalue weighted by molar-refractivity contribution is 5.80. The van der Waals surface area contributed by atoms with Crippen LogP contribution >= 0.6 is 0 Å². The summed E-state index contributed by atoms with van der Waals surface area (Å²) in [6, 6.07) is 0.0201. The summed E-state index contributed by atoms with van der Waals surface area (Å²) in [5.74, 6) is -0.0707. The van der Waals surface area contributed by atoms with E-state index in [2.05, 4.69) is 10.2 Å². The Labute approximate surface area is 97.3 Å². The van der Waals surface area contributed by atoms with Gasteiger partial charge in [-0.2, -0.15) is 0 Å². The third kappa shape index (κ3) is 4.08. The van der Waals surface area contributed by atoms with Crippen LogP contribution in [0.3, 0.4) is 0 Å². The molecule has 1 aliphatic heterocycles. The number of hydrogen-bond donors (Lipinski definition) is 2. The quantitative estimate of drug-likeness (QED) is 0.648. The number of rotatable bonds is 6. The molecule has 0 aromatic heterocycles. The summed E-state index contributed by atoms with van der Waals surface area (Å²) in [5, 5.41) is 2.88. The third-order valence-electron chi connectivity index (χ3n) is 3.01. The smallest absolute Gasteiger partial charge is 0.236 e. The Morgan fingerprint density at radius 1 is 1.69 bits per heavy atom. The van der Waals surface area contributed by atoms with Gasteiger partial charge in [0.2, 0.25) is 5.91 Å². The molecule has 1 rings (SSSR count). The Bertz CT molecular complexity index is 221. The Kier molecular flexibility index (Phi) is 5.73. The zero-order chi connectivity index (χ0) is 12.0. The molecule has 1 heterocycles. The Morgan fingerprint density at radius 3 is 3.06 bits per heavy atom. The number of nitrogens with one attached hydrogen (secondary N) is 1. The molecule has 2 atom stereocenters. The second kappa shape index (κ2) is 6.83. The minimum atomic E-state index is -0.422. The van der Waals surface area contributed by atoms with Crippen molar-refractivity contribution < 1.29 is 9.53 Å². The molecule has 0 spiro atoms. The molecule has 0 aromatic rings. The first-order valence-corrected chi connectivity index (χ1v) is 5.91. The van der Waals surface area contributed by atoms with E-state index in [1.807, 2.05) is 0 Å². The highest BCUT2D eigenvalue weighted by Crippen LogP contribution is 2.15. The predicted molar refractivity (Wildman–Crippen MR) is 63.1 cm³/mol. The van der Waals surface area contributed by atoms with Gasteiger partial charge in [-0.25, -0.2) is 0 Å². The average Bonchev–Trinajstić information content (AvgIpc) is 2.70. The molecule has 5 nitrogen and oxygen atoms in total. The Hall–Kier alpha value is -0.650. The van der Waals surface area contributed by atoms with Crippen molar-refractivity contribution >= 4 is 5.91 Å². The molecule has 94 valence electrons. The number of methoxy groups -OCH3 is 1. The van der Waals surface area contributed by atoms with E-state index in [-0.39, 0.29) is 5.91 Å². The van der Waals surface area contributed by atoms with E-state index in [9.17, 15) is 4.79 Å². The highest BCUT2D eigenvalue weighted by atomic mass is 16.5. The van der Waals surface area contributed by atoms with Gasteiger partial charge in [0, 0.05) is 26.2 Å². The summed E-state index contributed by atoms with van der Waals surface area (Å²) in [5.41, 5.74) is 5.49. The molecule has 3 N–H and O–H groups in total. The van der Waals surface area contributed by atoms with Crippen molar-refractivity contribution in [3.63, 3.8) is 0 Å². The molecular formula is C11H23N3O2. The van der Waals surface area contributed by atoms with Gasteiger partial charge in [-0.05, 0) is 26.3 Å². The molecule has 1 fully saturated rings. The number of hydrogen-bond acceptors (Lipinski definition) is 4. The van der Waals surface area contributed by atoms with Crippen LogP contribution in [0.25, 0.3) is 0 Å². The van der Waals surface area contributed by atoms with E-state index in [0.717, 1.165) is 26.1 Å². The van der Waals surface area contributed by atoms with E-state index in [4.69, 9.17) is 10.5 Å². The van der Waals surface area contributed by atoms with Gasteiger partial charge in [-0.1, -0.05) is 0 Å². The first-order chi connectivity index (χ1) is 7.65. The molecule has 1 saturated heterocycles. The molecule has 0 radical (unpaired) electrons. The lowest BCUT2D eigenvalue weighted by molar-refractivity contribution is -0.122. The predicted octanol–water partition coefficient (Wildman–Crippen LogP) is -0.439. The standard InChI is InChI=1S/C11H23N3O2/c1-9(12)11(15)13-8-10-4-3-5-14(10)6-7-16-2/h9-10H,3-8,12H2,1-2H3,(H,13,15). The lowest BCUT2D eigenvalue weighted by Crippen LogP contribution is -2.45. The highest BCUT2D eigenvalue weighted by Gasteiger charge is 2.24. The number of ether oxygens (including phenoxy) is 1. The van der Waals surface area contributed by atoms with Crippen LogP contribution in [-0.2, 0) is 9.53 Å². The first kappa shape index (κ1) is 13.4. The van der Waals surface area contributed by atoms with E-state index >= 15 is 0 Å². The number of nitrogens with zero attached hydrogens (tertiary/aromatic N) is 1. The van der Waals surface area contributed by atoms with Crippen LogP contribution in [0.2, 0.25) is 0 Å². The van der Waals surface area contributed by atoms with Gasteiger partial charge in [-0.15, -0.1) is 0 Å². The van der Waals surface area contributed by atoms with Gasteiger partial charge in [-0.3, -0.25) is 9.69 Å². The average molecular weight is 229 g/mol. The van der Waals surface area contributed by atoms with Crippen molar-refractivity contribution in [1.82, 2.24) is 10.2 Å². The van der Waals surface area contributed by atoms with Crippen molar-refractivity contribution in [2.24, 2.45) is 5.73 Å². The number of carbonyl (C=O) groups excluding carboxylic acids is 1. The monoisotopic (exact) mass is 229 g/mol. The van der Waals surface area contributed by atoms with Gasteiger partial charge in [0.1, 0.15) is 0 Å². The number of likely N-dealkylation sites (tertiary alicyclic amines) is 1. The molecular weight excluding hydrogens is 206 g/mol. The molecule has 0 bridgehead atoms. The number of carbonyl (C=O) groups is 1. The van der Waals surface area contributed by atoms with Gasteiger partial charge >= 0.3 is 0 Å².